The summed E-state index contributed by atoms with van der Waals surface area (Å²) in [6.07, 6.45) is 3.27. The van der Waals surface area contributed by atoms with Crippen molar-refractivity contribution < 1.29 is 23.9 Å². The molecule has 0 amide bonds. The quantitative estimate of drug-likeness (QED) is 0.336. The molecule has 0 bridgehead atoms. The van der Waals surface area contributed by atoms with E-state index in [-0.39, 0.29) is 5.70 Å². The van der Waals surface area contributed by atoms with Gasteiger partial charge in [0.15, 0.2) is 12.4 Å². The van der Waals surface area contributed by atoms with Gasteiger partial charge >= 0.3 is 11.7 Å². The zero-order chi connectivity index (χ0) is 13.7. The molecule has 1 aromatic rings. The second-order valence-electron chi connectivity index (χ2n) is 4.03. The van der Waals surface area contributed by atoms with Gasteiger partial charge in [0.2, 0.25) is 0 Å². The smallest absolute Gasteiger partial charge is 0.405 e. The Balaban J connectivity index is 3.19. The number of hydrogen-bond acceptors (Lipinski definition) is 4. The summed E-state index contributed by atoms with van der Waals surface area (Å²) in [5, 5.41) is 11.6. The lowest BCUT2D eigenvalue weighted by Crippen LogP contribution is -2.39. The van der Waals surface area contributed by atoms with Gasteiger partial charge in [-0.25, -0.2) is 4.79 Å². The molecule has 0 aliphatic heterocycles. The van der Waals surface area contributed by atoms with Gasteiger partial charge in [0.05, 0.1) is 7.11 Å². The van der Waals surface area contributed by atoms with E-state index >= 15 is 0 Å². The first-order valence-electron chi connectivity index (χ1n) is 5.56. The summed E-state index contributed by atoms with van der Waals surface area (Å²) in [5.74, 6) is -1.09. The number of hydrogen-bond donors (Lipinski definition) is 0. The number of aromatic nitrogens is 1. The molecule has 1 rings (SSSR count). The minimum atomic E-state index is -0.732. The second kappa shape index (κ2) is 6.05. The van der Waals surface area contributed by atoms with E-state index in [0.29, 0.717) is 5.92 Å². The highest BCUT2D eigenvalue weighted by molar-refractivity contribution is 6.06. The van der Waals surface area contributed by atoms with Crippen molar-refractivity contribution >= 4 is 11.7 Å². The number of pyridine rings is 1. The molecule has 0 N–H and O–H groups in total. The van der Waals surface area contributed by atoms with Crippen molar-refractivity contribution in [1.29, 1.82) is 0 Å². The van der Waals surface area contributed by atoms with Gasteiger partial charge < -0.3 is 14.6 Å². The lowest BCUT2D eigenvalue weighted by atomic mass is 10.1. The topological polar surface area (TPSA) is 62.5 Å². The van der Waals surface area contributed by atoms with E-state index in [1.54, 1.807) is 12.4 Å². The SMILES string of the molecule is COC(=O)/C(=C(\[O-])OC)[n+]1ccc(C(C)C)cc1. The van der Waals surface area contributed by atoms with Crippen LogP contribution in [0.25, 0.3) is 5.70 Å². The first-order valence-corrected chi connectivity index (χ1v) is 5.56. The molecule has 0 spiro atoms. The van der Waals surface area contributed by atoms with Crippen LogP contribution in [0.15, 0.2) is 30.5 Å². The van der Waals surface area contributed by atoms with Crippen LogP contribution in [0.3, 0.4) is 0 Å². The van der Waals surface area contributed by atoms with Crippen LogP contribution >= 0.6 is 0 Å². The standard InChI is InChI=1S/C13H17NO4/c1-9(2)10-5-7-14(8-6-10)11(12(15)17-3)13(16)18-4/h5-9H,1-4H3. The Hall–Kier alpha value is -2.04. The third-order valence-corrected chi connectivity index (χ3v) is 2.54. The molecule has 1 heterocycles. The summed E-state index contributed by atoms with van der Waals surface area (Å²) >= 11 is 0. The molecule has 5 nitrogen and oxygen atoms in total. The van der Waals surface area contributed by atoms with E-state index in [1.807, 2.05) is 12.1 Å². The monoisotopic (exact) mass is 251 g/mol. The van der Waals surface area contributed by atoms with E-state index in [2.05, 4.69) is 23.3 Å². The van der Waals surface area contributed by atoms with Gasteiger partial charge in [-0.05, 0) is 18.6 Å². The number of carbonyl (C=O) groups excluding carboxylic acids is 1. The Morgan fingerprint density at radius 2 is 1.78 bits per heavy atom. The van der Waals surface area contributed by atoms with E-state index in [0.717, 1.165) is 5.56 Å². The highest BCUT2D eigenvalue weighted by Gasteiger charge is 2.23. The van der Waals surface area contributed by atoms with Crippen molar-refractivity contribution in [3.8, 4) is 0 Å². The molecule has 0 aliphatic rings. The molecule has 0 aromatic carbocycles. The van der Waals surface area contributed by atoms with Crippen molar-refractivity contribution in [2.24, 2.45) is 0 Å². The van der Waals surface area contributed by atoms with Gasteiger partial charge in [-0.2, -0.15) is 4.57 Å². The Morgan fingerprint density at radius 1 is 1.22 bits per heavy atom. The van der Waals surface area contributed by atoms with Crippen molar-refractivity contribution in [3.05, 3.63) is 36.0 Å². The maximum atomic E-state index is 11.6. The van der Waals surface area contributed by atoms with E-state index in [1.165, 1.54) is 18.8 Å². The Labute approximate surface area is 106 Å². The van der Waals surface area contributed by atoms with Crippen LogP contribution in [-0.4, -0.2) is 20.2 Å². The zero-order valence-electron chi connectivity index (χ0n) is 11.0. The van der Waals surface area contributed by atoms with Crippen LogP contribution in [0.5, 0.6) is 0 Å². The van der Waals surface area contributed by atoms with Crippen LogP contribution in [0, 0.1) is 0 Å². The Bertz CT molecular complexity index is 449. The average molecular weight is 251 g/mol. The molecular formula is C13H17NO4. The fraction of sp³-hybridized carbons (Fsp3) is 0.385. The van der Waals surface area contributed by atoms with Crippen LogP contribution < -0.4 is 9.67 Å². The van der Waals surface area contributed by atoms with Crippen LogP contribution in [0.2, 0.25) is 0 Å². The summed E-state index contributed by atoms with van der Waals surface area (Å²) in [6, 6.07) is 3.69. The van der Waals surface area contributed by atoms with Crippen molar-refractivity contribution in [3.63, 3.8) is 0 Å². The lowest BCUT2D eigenvalue weighted by molar-refractivity contribution is -0.586. The number of methoxy groups -OCH3 is 2. The molecule has 98 valence electrons. The highest BCUT2D eigenvalue weighted by atomic mass is 16.6. The first-order chi connectivity index (χ1) is 8.51. The van der Waals surface area contributed by atoms with E-state index < -0.39 is 11.9 Å². The van der Waals surface area contributed by atoms with Gasteiger partial charge in [-0.3, -0.25) is 0 Å². The molecule has 0 saturated heterocycles. The fourth-order valence-corrected chi connectivity index (χ4v) is 1.46. The maximum Gasteiger partial charge on any atom is 0.405 e. The molecule has 5 heteroatoms. The normalized spacial score (nSPS) is 12.1. The Kier molecular flexibility index (Phi) is 4.71. The predicted octanol–water partition coefficient (Wildman–Crippen LogP) is 0.403. The summed E-state index contributed by atoms with van der Waals surface area (Å²) in [4.78, 5) is 11.6. The zero-order valence-corrected chi connectivity index (χ0v) is 11.0. The van der Waals surface area contributed by atoms with E-state index in [4.69, 9.17) is 0 Å². The predicted molar refractivity (Wildman–Crippen MR) is 63.0 cm³/mol. The molecule has 0 atom stereocenters. The first kappa shape index (κ1) is 14.0. The van der Waals surface area contributed by atoms with Crippen molar-refractivity contribution in [1.82, 2.24) is 0 Å². The van der Waals surface area contributed by atoms with Gasteiger partial charge in [-0.1, -0.05) is 13.8 Å². The minimum absolute atomic E-state index is 0.171. The molecule has 1 aromatic heterocycles. The van der Waals surface area contributed by atoms with Gasteiger partial charge in [0.25, 0.3) is 0 Å². The molecule has 0 fully saturated rings. The third-order valence-electron chi connectivity index (χ3n) is 2.54. The summed E-state index contributed by atoms with van der Waals surface area (Å²) in [5.41, 5.74) is 0.940. The highest BCUT2D eigenvalue weighted by Crippen LogP contribution is 2.12. The molecule has 0 unspecified atom stereocenters. The molecule has 0 aliphatic carbocycles. The summed E-state index contributed by atoms with van der Waals surface area (Å²) < 4.78 is 10.5. The maximum absolute atomic E-state index is 11.6. The van der Waals surface area contributed by atoms with Crippen LogP contribution in [0.1, 0.15) is 25.3 Å². The summed E-state index contributed by atoms with van der Waals surface area (Å²) in [6.45, 7) is 4.12. The largest absolute Gasteiger partial charge is 0.612 e. The number of carbonyl (C=O) groups is 1. The van der Waals surface area contributed by atoms with Gasteiger partial charge in [0.1, 0.15) is 5.95 Å². The molecule has 18 heavy (non-hydrogen) atoms. The molecular weight excluding hydrogens is 234 g/mol. The second-order valence-corrected chi connectivity index (χ2v) is 4.03. The number of nitrogens with zero attached hydrogens (tertiary/aromatic N) is 1. The summed E-state index contributed by atoms with van der Waals surface area (Å²) in [7, 11) is 2.43. The van der Waals surface area contributed by atoms with Crippen molar-refractivity contribution in [2.75, 3.05) is 14.2 Å². The third kappa shape index (κ3) is 3.00. The number of rotatable bonds is 4. The Morgan fingerprint density at radius 3 is 2.17 bits per heavy atom. The van der Waals surface area contributed by atoms with Crippen molar-refractivity contribution in [2.45, 2.75) is 19.8 Å². The lowest BCUT2D eigenvalue weighted by Gasteiger charge is -2.10. The number of ether oxygens (including phenoxy) is 2. The minimum Gasteiger partial charge on any atom is -0.612 e. The molecule has 0 radical (unpaired) electrons. The fourth-order valence-electron chi connectivity index (χ4n) is 1.46. The van der Waals surface area contributed by atoms with Gasteiger partial charge in [0, 0.05) is 12.1 Å². The van der Waals surface area contributed by atoms with Crippen LogP contribution in [0.4, 0.5) is 0 Å². The average Bonchev–Trinajstić information content (AvgIpc) is 2.39. The van der Waals surface area contributed by atoms with Gasteiger partial charge in [-0.15, -0.1) is 0 Å². The van der Waals surface area contributed by atoms with Crippen LogP contribution in [-0.2, 0) is 14.3 Å². The molecule has 0 saturated carbocycles. The number of esters is 1. The van der Waals surface area contributed by atoms with E-state index in [9.17, 15) is 9.90 Å².